The Kier molecular flexibility index (Phi) is 11.6. The number of pyridine rings is 1. The second kappa shape index (κ2) is 16.2. The molecule has 0 aliphatic heterocycles. The van der Waals surface area contributed by atoms with Crippen LogP contribution in [0.3, 0.4) is 0 Å². The topological polar surface area (TPSA) is 104 Å². The third-order valence-corrected chi connectivity index (χ3v) is 9.07. The molecule has 1 fully saturated rings. The predicted octanol–water partition coefficient (Wildman–Crippen LogP) is 9.42. The summed E-state index contributed by atoms with van der Waals surface area (Å²) in [5.74, 6) is 2.08. The number of hydrogen-bond acceptors (Lipinski definition) is 6. The molecule has 0 bridgehead atoms. The minimum Gasteiger partial charge on any atom is -0.496 e. The van der Waals surface area contributed by atoms with Crippen LogP contribution in [0.1, 0.15) is 72.9 Å². The first-order valence-electron chi connectivity index (χ1n) is 16.7. The maximum Gasteiger partial charge on any atom is 0.269 e. The Balaban J connectivity index is 0.000000892. The maximum absolute atomic E-state index is 14.4. The van der Waals surface area contributed by atoms with Crippen LogP contribution in [0.25, 0.3) is 17.2 Å². The van der Waals surface area contributed by atoms with Crippen molar-refractivity contribution >= 4 is 28.8 Å². The number of fused-ring (bicyclic) bond motifs is 1. The van der Waals surface area contributed by atoms with E-state index in [0.717, 1.165) is 50.5 Å². The lowest BCUT2D eigenvalue weighted by Gasteiger charge is -2.18. The van der Waals surface area contributed by atoms with Gasteiger partial charge < -0.3 is 14.8 Å². The van der Waals surface area contributed by atoms with Crippen molar-refractivity contribution in [1.29, 1.82) is 0 Å². The van der Waals surface area contributed by atoms with Crippen molar-refractivity contribution < 1.29 is 23.6 Å². The second-order valence-corrected chi connectivity index (χ2v) is 12.8. The van der Waals surface area contributed by atoms with E-state index in [-0.39, 0.29) is 23.8 Å². The molecule has 0 saturated heterocycles. The van der Waals surface area contributed by atoms with E-state index in [0.29, 0.717) is 35.8 Å². The highest BCUT2D eigenvalue weighted by molar-refractivity contribution is 6.08. The lowest BCUT2D eigenvalue weighted by Crippen LogP contribution is -2.22. The molecule has 9 heteroatoms. The summed E-state index contributed by atoms with van der Waals surface area (Å²) in [5, 5.41) is 13.9. The summed E-state index contributed by atoms with van der Waals surface area (Å²) >= 11 is 0. The molecular weight excluding hydrogens is 633 g/mol. The van der Waals surface area contributed by atoms with Crippen molar-refractivity contribution in [2.45, 2.75) is 59.4 Å². The summed E-state index contributed by atoms with van der Waals surface area (Å²) in [7, 11) is 1.59. The molecule has 0 radical (unpaired) electrons. The second-order valence-electron chi connectivity index (χ2n) is 12.8. The number of carbonyl (C=O) groups excluding carboxylic acids is 1. The van der Waals surface area contributed by atoms with Crippen LogP contribution in [-0.2, 0) is 17.8 Å². The first kappa shape index (κ1) is 35.7. The summed E-state index contributed by atoms with van der Waals surface area (Å²) in [6.07, 6.45) is 10.3. The summed E-state index contributed by atoms with van der Waals surface area (Å²) in [5.41, 5.74) is 7.72. The van der Waals surface area contributed by atoms with Crippen LogP contribution in [0.15, 0.2) is 97.0 Å². The number of benzene rings is 3. The van der Waals surface area contributed by atoms with Crippen LogP contribution in [0.4, 0.5) is 10.1 Å². The van der Waals surface area contributed by atoms with E-state index in [1.165, 1.54) is 55.7 Å². The fourth-order valence-electron chi connectivity index (χ4n) is 6.03. The van der Waals surface area contributed by atoms with Crippen molar-refractivity contribution in [3.63, 3.8) is 0 Å². The Hall–Kier alpha value is -5.57. The number of nitro groups is 1. The van der Waals surface area contributed by atoms with Gasteiger partial charge in [0.2, 0.25) is 5.91 Å². The summed E-state index contributed by atoms with van der Waals surface area (Å²) < 4.78 is 26.0. The van der Waals surface area contributed by atoms with Crippen LogP contribution < -0.4 is 14.8 Å². The zero-order chi connectivity index (χ0) is 35.8. The number of nitrogens with zero attached hydrogens (tertiary/aromatic N) is 2. The van der Waals surface area contributed by atoms with Gasteiger partial charge in [-0.2, -0.15) is 0 Å². The Labute approximate surface area is 292 Å². The van der Waals surface area contributed by atoms with Crippen LogP contribution in [0, 0.1) is 28.8 Å². The van der Waals surface area contributed by atoms with E-state index in [4.69, 9.17) is 9.47 Å². The first-order valence-corrected chi connectivity index (χ1v) is 16.7. The molecule has 3 aromatic carbocycles. The molecular formula is C41H42FN3O5. The Morgan fingerprint density at radius 3 is 2.44 bits per heavy atom. The highest BCUT2D eigenvalue weighted by atomic mass is 19.1. The lowest BCUT2D eigenvalue weighted by molar-refractivity contribution is -0.384. The largest absolute Gasteiger partial charge is 0.496 e. The van der Waals surface area contributed by atoms with Gasteiger partial charge in [0.1, 0.15) is 23.1 Å². The molecule has 1 aromatic heterocycles. The number of aryl methyl sites for hydroxylation is 1. The third kappa shape index (κ3) is 8.91. The molecule has 258 valence electrons. The molecule has 8 nitrogen and oxygen atoms in total. The normalized spacial score (nSPS) is 14.3. The van der Waals surface area contributed by atoms with Gasteiger partial charge in [0.05, 0.1) is 18.5 Å². The van der Waals surface area contributed by atoms with Crippen LogP contribution in [0.2, 0.25) is 0 Å². The zero-order valence-electron chi connectivity index (χ0n) is 28.9. The van der Waals surface area contributed by atoms with E-state index in [1.54, 1.807) is 25.6 Å². The van der Waals surface area contributed by atoms with Crippen molar-refractivity contribution in [2.75, 3.05) is 7.11 Å². The minimum absolute atomic E-state index is 0.0218. The molecule has 50 heavy (non-hydrogen) atoms. The number of aromatic nitrogens is 1. The van der Waals surface area contributed by atoms with Crippen molar-refractivity contribution in [3.8, 4) is 11.5 Å². The van der Waals surface area contributed by atoms with E-state index in [9.17, 15) is 19.3 Å². The summed E-state index contributed by atoms with van der Waals surface area (Å²) in [4.78, 5) is 27.5. The van der Waals surface area contributed by atoms with Gasteiger partial charge in [-0.15, -0.1) is 0 Å². The molecule has 1 amide bonds. The number of carbonyl (C=O) groups is 1. The number of rotatable bonds is 11. The van der Waals surface area contributed by atoms with Gasteiger partial charge >= 0.3 is 0 Å². The number of allylic oxidation sites excluding steroid dienone is 3. The zero-order valence-corrected chi connectivity index (χ0v) is 28.9. The van der Waals surface area contributed by atoms with Crippen LogP contribution in [0.5, 0.6) is 11.5 Å². The lowest BCUT2D eigenvalue weighted by atomic mass is 9.88. The Bertz CT molecular complexity index is 1950. The quantitative estimate of drug-likeness (QED) is 0.0965. The van der Waals surface area contributed by atoms with E-state index in [1.807, 2.05) is 44.2 Å². The smallest absolute Gasteiger partial charge is 0.269 e. The molecule has 4 aromatic rings. The monoisotopic (exact) mass is 675 g/mol. The highest BCUT2D eigenvalue weighted by Crippen LogP contribution is 2.44. The van der Waals surface area contributed by atoms with E-state index in [2.05, 4.69) is 23.8 Å². The van der Waals surface area contributed by atoms with Crippen LogP contribution >= 0.6 is 0 Å². The number of amides is 1. The standard InChI is InChI=1S/C36H32FN3O5.C5H10/c1-22-14-26(17-35(44-4)31(22)15-23(2)45-29-10-8-28(9-11-29)40(42)43)16-32-24(3)33(34-18-27(37)7-12-30(32)34)19-36(41)39-21-25-6-5-13-38-20-25;1-5-3-2-4-5/h5-14,16-18,20H,2,15,19,21H2,1,3-4H3,(H,39,41);5H,2-4H2,1H3/b32-16-;. The average Bonchev–Trinajstić information content (AvgIpc) is 3.33. The average molecular weight is 676 g/mol. The molecule has 1 N–H and O–H groups in total. The van der Waals surface area contributed by atoms with Gasteiger partial charge in [0.25, 0.3) is 5.69 Å². The predicted molar refractivity (Wildman–Crippen MR) is 195 cm³/mol. The van der Waals surface area contributed by atoms with Gasteiger partial charge in [0.15, 0.2) is 0 Å². The molecule has 0 unspecified atom stereocenters. The first-order chi connectivity index (χ1) is 24.0. The van der Waals surface area contributed by atoms with Crippen LogP contribution in [-0.4, -0.2) is 22.9 Å². The molecule has 2 aliphatic rings. The molecule has 0 atom stereocenters. The van der Waals surface area contributed by atoms with Crippen molar-refractivity contribution in [3.05, 3.63) is 146 Å². The number of methoxy groups -OCH3 is 1. The van der Waals surface area contributed by atoms with Gasteiger partial charge in [-0.1, -0.05) is 51.0 Å². The van der Waals surface area contributed by atoms with E-state index >= 15 is 0 Å². The number of nitrogens with one attached hydrogen (secondary N) is 1. The molecule has 0 spiro atoms. The van der Waals surface area contributed by atoms with Gasteiger partial charge in [-0.05, 0) is 107 Å². The fraction of sp³-hybridized carbons (Fsp3) is 0.268. The summed E-state index contributed by atoms with van der Waals surface area (Å²) in [6, 6.07) is 18.1. The molecule has 6 rings (SSSR count). The Morgan fingerprint density at radius 2 is 1.82 bits per heavy atom. The van der Waals surface area contributed by atoms with Gasteiger partial charge in [-0.3, -0.25) is 19.9 Å². The SMILES string of the molecule is C=C(Cc1c(C)cc(/C=C2/C(C)=C(CC(=O)NCc3cccnc3)c3cc(F)ccc32)cc1OC)Oc1ccc([N+](=O)[O-])cc1.CC1CCC1. The van der Waals surface area contributed by atoms with Crippen molar-refractivity contribution in [1.82, 2.24) is 10.3 Å². The number of non-ortho nitro benzene ring substituents is 1. The number of ether oxygens (including phenoxy) is 2. The molecule has 1 heterocycles. The fourth-order valence-corrected chi connectivity index (χ4v) is 6.03. The molecule has 1 saturated carbocycles. The number of nitro benzene ring substituents is 1. The molecule has 2 aliphatic carbocycles. The number of halogens is 1. The Morgan fingerprint density at radius 1 is 1.08 bits per heavy atom. The van der Waals surface area contributed by atoms with Gasteiger partial charge in [0, 0.05) is 43.1 Å². The highest BCUT2D eigenvalue weighted by Gasteiger charge is 2.26. The summed E-state index contributed by atoms with van der Waals surface area (Å²) in [6.45, 7) is 10.6. The third-order valence-electron chi connectivity index (χ3n) is 9.07. The van der Waals surface area contributed by atoms with Gasteiger partial charge in [-0.25, -0.2) is 4.39 Å². The van der Waals surface area contributed by atoms with E-state index < -0.39 is 4.92 Å². The maximum atomic E-state index is 14.4. The number of hydrogen-bond donors (Lipinski definition) is 1. The van der Waals surface area contributed by atoms with Crippen molar-refractivity contribution in [2.24, 2.45) is 5.92 Å². The minimum atomic E-state index is -0.466.